The molecule has 1 unspecified atom stereocenters. The zero-order valence-electron chi connectivity index (χ0n) is 11.0. The summed E-state index contributed by atoms with van der Waals surface area (Å²) in [5.74, 6) is 0.377. The highest BCUT2D eigenvalue weighted by atomic mass is 35.5. The van der Waals surface area contributed by atoms with Gasteiger partial charge in [0.15, 0.2) is 0 Å². The Bertz CT molecular complexity index is 289. The lowest BCUT2D eigenvalue weighted by Crippen LogP contribution is -2.41. The van der Waals surface area contributed by atoms with Crippen LogP contribution in [0.4, 0.5) is 0 Å². The Kier molecular flexibility index (Phi) is 4.48. The Morgan fingerprint density at radius 3 is 2.29 bits per heavy atom. The molecule has 17 heavy (non-hydrogen) atoms. The third kappa shape index (κ3) is 2.76. The zero-order chi connectivity index (χ0) is 11.8. The molecule has 0 radical (unpaired) electrons. The van der Waals surface area contributed by atoms with Gasteiger partial charge in [-0.05, 0) is 31.2 Å². The fourth-order valence-corrected chi connectivity index (χ4v) is 3.11. The van der Waals surface area contributed by atoms with Gasteiger partial charge in [-0.25, -0.2) is 0 Å². The third-order valence-electron chi connectivity index (χ3n) is 4.56. The van der Waals surface area contributed by atoms with E-state index in [4.69, 9.17) is 5.73 Å². The Morgan fingerprint density at radius 1 is 1.24 bits per heavy atom. The van der Waals surface area contributed by atoms with Crippen LogP contribution in [-0.4, -0.2) is 30.4 Å². The van der Waals surface area contributed by atoms with E-state index in [9.17, 15) is 4.79 Å². The maximum atomic E-state index is 12.5. The van der Waals surface area contributed by atoms with E-state index in [2.05, 4.69) is 18.7 Å². The maximum Gasteiger partial charge on any atom is 0.228 e. The van der Waals surface area contributed by atoms with Crippen molar-refractivity contribution in [2.75, 3.05) is 19.6 Å². The van der Waals surface area contributed by atoms with Gasteiger partial charge in [-0.1, -0.05) is 26.7 Å². The molecule has 0 aromatic heterocycles. The van der Waals surface area contributed by atoms with Crippen LogP contribution in [0.25, 0.3) is 0 Å². The van der Waals surface area contributed by atoms with Gasteiger partial charge in [0.2, 0.25) is 5.91 Å². The van der Waals surface area contributed by atoms with Crippen molar-refractivity contribution in [3.8, 4) is 0 Å². The van der Waals surface area contributed by atoms with Gasteiger partial charge >= 0.3 is 0 Å². The molecular weight excluding hydrogens is 236 g/mol. The van der Waals surface area contributed by atoms with Crippen molar-refractivity contribution in [2.24, 2.45) is 16.6 Å². The SMILES string of the molecule is CC1(CN)CCN(C(=O)C2(C)CCCC2)C1.Cl. The van der Waals surface area contributed by atoms with E-state index in [1.165, 1.54) is 12.8 Å². The van der Waals surface area contributed by atoms with E-state index in [0.29, 0.717) is 12.5 Å². The predicted molar refractivity (Wildman–Crippen MR) is 72.2 cm³/mol. The predicted octanol–water partition coefficient (Wildman–Crippen LogP) is 2.19. The maximum absolute atomic E-state index is 12.5. The minimum atomic E-state index is -0.0696. The first-order chi connectivity index (χ1) is 7.49. The molecule has 2 N–H and O–H groups in total. The number of nitrogens with zero attached hydrogens (tertiary/aromatic N) is 1. The minimum Gasteiger partial charge on any atom is -0.342 e. The van der Waals surface area contributed by atoms with Crippen LogP contribution < -0.4 is 5.73 Å². The first kappa shape index (κ1) is 14.8. The van der Waals surface area contributed by atoms with Crippen LogP contribution in [-0.2, 0) is 4.79 Å². The van der Waals surface area contributed by atoms with E-state index in [0.717, 1.165) is 32.4 Å². The van der Waals surface area contributed by atoms with Gasteiger partial charge in [-0.15, -0.1) is 12.4 Å². The van der Waals surface area contributed by atoms with Crippen molar-refractivity contribution in [1.29, 1.82) is 0 Å². The number of amides is 1. The summed E-state index contributed by atoms with van der Waals surface area (Å²) >= 11 is 0. The van der Waals surface area contributed by atoms with Crippen LogP contribution >= 0.6 is 12.4 Å². The molecular formula is C13H25ClN2O. The average molecular weight is 261 g/mol. The first-order valence-electron chi connectivity index (χ1n) is 6.49. The van der Waals surface area contributed by atoms with Crippen LogP contribution in [0.1, 0.15) is 46.0 Å². The number of hydrogen-bond donors (Lipinski definition) is 1. The topological polar surface area (TPSA) is 46.3 Å². The lowest BCUT2D eigenvalue weighted by atomic mass is 9.86. The molecule has 100 valence electrons. The standard InChI is InChI=1S/C13H24N2O.ClH/c1-12(9-14)7-8-15(10-12)11(16)13(2)5-3-4-6-13;/h3-10,14H2,1-2H3;1H. The lowest BCUT2D eigenvalue weighted by molar-refractivity contribution is -0.140. The van der Waals surface area contributed by atoms with Gasteiger partial charge in [0.05, 0.1) is 0 Å². The number of carbonyl (C=O) groups excluding carboxylic acids is 1. The number of rotatable bonds is 2. The highest BCUT2D eigenvalue weighted by molar-refractivity contribution is 5.85. The fourth-order valence-electron chi connectivity index (χ4n) is 3.11. The van der Waals surface area contributed by atoms with E-state index >= 15 is 0 Å². The van der Waals surface area contributed by atoms with Gasteiger partial charge in [0.1, 0.15) is 0 Å². The summed E-state index contributed by atoms with van der Waals surface area (Å²) < 4.78 is 0. The molecule has 1 amide bonds. The smallest absolute Gasteiger partial charge is 0.228 e. The molecule has 0 spiro atoms. The van der Waals surface area contributed by atoms with Gasteiger partial charge in [-0.2, -0.15) is 0 Å². The average Bonchev–Trinajstić information content (AvgIpc) is 2.86. The number of hydrogen-bond acceptors (Lipinski definition) is 2. The molecule has 1 saturated heterocycles. The van der Waals surface area contributed by atoms with Crippen LogP contribution in [0, 0.1) is 10.8 Å². The van der Waals surface area contributed by atoms with Crippen molar-refractivity contribution in [3.05, 3.63) is 0 Å². The van der Waals surface area contributed by atoms with Gasteiger partial charge in [0.25, 0.3) is 0 Å². The van der Waals surface area contributed by atoms with E-state index in [-0.39, 0.29) is 23.2 Å². The van der Waals surface area contributed by atoms with Crippen molar-refractivity contribution in [3.63, 3.8) is 0 Å². The Balaban J connectivity index is 0.00000144. The summed E-state index contributed by atoms with van der Waals surface area (Å²) in [6, 6.07) is 0. The Hall–Kier alpha value is -0.280. The van der Waals surface area contributed by atoms with E-state index in [1.54, 1.807) is 0 Å². The van der Waals surface area contributed by atoms with Crippen molar-refractivity contribution >= 4 is 18.3 Å². The molecule has 0 aromatic carbocycles. The van der Waals surface area contributed by atoms with Crippen LogP contribution in [0.2, 0.25) is 0 Å². The largest absolute Gasteiger partial charge is 0.342 e. The Morgan fingerprint density at radius 2 is 1.82 bits per heavy atom. The summed E-state index contributed by atoms with van der Waals surface area (Å²) in [6.07, 6.45) is 5.63. The molecule has 1 heterocycles. The van der Waals surface area contributed by atoms with E-state index < -0.39 is 0 Å². The van der Waals surface area contributed by atoms with E-state index in [1.807, 2.05) is 0 Å². The van der Waals surface area contributed by atoms with Crippen molar-refractivity contribution in [2.45, 2.75) is 46.0 Å². The Labute approximate surface area is 111 Å². The van der Waals surface area contributed by atoms with Gasteiger partial charge in [0, 0.05) is 18.5 Å². The molecule has 2 fully saturated rings. The summed E-state index contributed by atoms with van der Waals surface area (Å²) in [5.41, 5.74) is 5.87. The van der Waals surface area contributed by atoms with Crippen LogP contribution in [0.3, 0.4) is 0 Å². The third-order valence-corrected chi connectivity index (χ3v) is 4.56. The first-order valence-corrected chi connectivity index (χ1v) is 6.49. The quantitative estimate of drug-likeness (QED) is 0.827. The number of halogens is 1. The molecule has 1 atom stereocenters. The minimum absolute atomic E-state index is 0. The highest BCUT2D eigenvalue weighted by Crippen LogP contribution is 2.41. The summed E-state index contributed by atoms with van der Waals surface area (Å²) in [5, 5.41) is 0. The molecule has 3 nitrogen and oxygen atoms in total. The number of likely N-dealkylation sites (tertiary alicyclic amines) is 1. The monoisotopic (exact) mass is 260 g/mol. The highest BCUT2D eigenvalue weighted by Gasteiger charge is 2.43. The summed E-state index contributed by atoms with van der Waals surface area (Å²) in [6.45, 7) is 6.78. The molecule has 2 aliphatic rings. The zero-order valence-corrected chi connectivity index (χ0v) is 11.8. The van der Waals surface area contributed by atoms with Crippen molar-refractivity contribution in [1.82, 2.24) is 4.90 Å². The molecule has 4 heteroatoms. The molecule has 1 aliphatic heterocycles. The van der Waals surface area contributed by atoms with Gasteiger partial charge < -0.3 is 10.6 Å². The normalized spacial score (nSPS) is 31.4. The summed E-state index contributed by atoms with van der Waals surface area (Å²) in [4.78, 5) is 14.5. The number of carbonyl (C=O) groups is 1. The second-order valence-corrected chi connectivity index (χ2v) is 6.26. The lowest BCUT2D eigenvalue weighted by Gasteiger charge is -2.30. The molecule has 0 bridgehead atoms. The molecule has 0 aromatic rings. The fraction of sp³-hybridized carbons (Fsp3) is 0.923. The summed E-state index contributed by atoms with van der Waals surface area (Å²) in [7, 11) is 0. The second kappa shape index (κ2) is 5.15. The van der Waals surface area contributed by atoms with Gasteiger partial charge in [-0.3, -0.25) is 4.79 Å². The second-order valence-electron chi connectivity index (χ2n) is 6.26. The van der Waals surface area contributed by atoms with Crippen LogP contribution in [0.15, 0.2) is 0 Å². The molecule has 1 saturated carbocycles. The molecule has 1 aliphatic carbocycles. The van der Waals surface area contributed by atoms with Crippen molar-refractivity contribution < 1.29 is 4.79 Å². The number of nitrogens with two attached hydrogens (primary N) is 1. The molecule has 2 rings (SSSR count). The van der Waals surface area contributed by atoms with Crippen LogP contribution in [0.5, 0.6) is 0 Å².